The van der Waals surface area contributed by atoms with E-state index in [-0.39, 0.29) is 5.91 Å². The summed E-state index contributed by atoms with van der Waals surface area (Å²) in [7, 11) is 0. The van der Waals surface area contributed by atoms with Gasteiger partial charge in [-0.15, -0.1) is 0 Å². The normalized spacial score (nSPS) is 10.0. The SMILES string of the molecule is [C-]#[N+]c1cccc(C(=O)Nc2ccc(C)c3c(C#N)c[nH]c23)c1. The molecular formula is C18H12N4O. The monoisotopic (exact) mass is 300 g/mol. The Morgan fingerprint density at radius 2 is 2.17 bits per heavy atom. The van der Waals surface area contributed by atoms with Crippen LogP contribution >= 0.6 is 0 Å². The number of hydrogen-bond donors (Lipinski definition) is 2. The van der Waals surface area contributed by atoms with E-state index in [0.29, 0.717) is 22.5 Å². The number of carbonyl (C=O) groups is 1. The zero-order valence-electron chi connectivity index (χ0n) is 12.3. The van der Waals surface area contributed by atoms with E-state index in [9.17, 15) is 10.1 Å². The van der Waals surface area contributed by atoms with Crippen molar-refractivity contribution in [1.82, 2.24) is 4.98 Å². The van der Waals surface area contributed by atoms with E-state index in [1.54, 1.807) is 36.5 Å². The molecule has 110 valence electrons. The minimum atomic E-state index is -0.297. The molecule has 0 atom stereocenters. The Kier molecular flexibility index (Phi) is 3.54. The first-order chi connectivity index (χ1) is 11.1. The van der Waals surface area contributed by atoms with Crippen molar-refractivity contribution in [2.75, 3.05) is 5.32 Å². The third-order valence-corrected chi connectivity index (χ3v) is 3.65. The smallest absolute Gasteiger partial charge is 0.254 e. The van der Waals surface area contributed by atoms with Crippen molar-refractivity contribution in [3.8, 4) is 6.07 Å². The van der Waals surface area contributed by atoms with Crippen LogP contribution < -0.4 is 5.32 Å². The van der Waals surface area contributed by atoms with Gasteiger partial charge in [0, 0.05) is 17.1 Å². The number of rotatable bonds is 2. The fraction of sp³-hybridized carbons (Fsp3) is 0.0556. The molecule has 0 unspecified atom stereocenters. The summed E-state index contributed by atoms with van der Waals surface area (Å²) in [6.45, 7) is 8.93. The van der Waals surface area contributed by atoms with Crippen LogP contribution in [0, 0.1) is 24.8 Å². The van der Waals surface area contributed by atoms with E-state index in [4.69, 9.17) is 6.57 Å². The Labute approximate surface area is 133 Å². The van der Waals surface area contributed by atoms with Crippen LogP contribution in [-0.4, -0.2) is 10.9 Å². The molecule has 5 heteroatoms. The number of aromatic nitrogens is 1. The summed E-state index contributed by atoms with van der Waals surface area (Å²) in [4.78, 5) is 18.8. The van der Waals surface area contributed by atoms with Crippen LogP contribution in [-0.2, 0) is 0 Å². The number of nitrogens with zero attached hydrogens (tertiary/aromatic N) is 2. The second kappa shape index (κ2) is 5.67. The minimum absolute atomic E-state index is 0.297. The molecule has 1 amide bonds. The second-order valence-electron chi connectivity index (χ2n) is 5.11. The van der Waals surface area contributed by atoms with E-state index in [0.717, 1.165) is 16.5 Å². The summed E-state index contributed by atoms with van der Waals surface area (Å²) in [6, 6.07) is 12.3. The number of nitriles is 1. The zero-order valence-corrected chi connectivity index (χ0v) is 12.3. The van der Waals surface area contributed by atoms with Crippen LogP contribution in [0.1, 0.15) is 21.5 Å². The van der Waals surface area contributed by atoms with E-state index in [1.165, 1.54) is 0 Å². The first-order valence-electron chi connectivity index (χ1n) is 6.93. The third kappa shape index (κ3) is 2.52. The molecule has 0 aliphatic rings. The van der Waals surface area contributed by atoms with Crippen LogP contribution in [0.4, 0.5) is 11.4 Å². The number of hydrogen-bond acceptors (Lipinski definition) is 2. The van der Waals surface area contributed by atoms with Crippen molar-refractivity contribution >= 4 is 28.2 Å². The number of anilines is 1. The van der Waals surface area contributed by atoms with Gasteiger partial charge in [-0.05, 0) is 24.6 Å². The van der Waals surface area contributed by atoms with Gasteiger partial charge in [-0.3, -0.25) is 4.79 Å². The van der Waals surface area contributed by atoms with Gasteiger partial charge in [0.15, 0.2) is 5.69 Å². The van der Waals surface area contributed by atoms with Crippen LogP contribution in [0.3, 0.4) is 0 Å². The highest BCUT2D eigenvalue weighted by Gasteiger charge is 2.13. The van der Waals surface area contributed by atoms with Gasteiger partial charge in [0.25, 0.3) is 5.91 Å². The zero-order chi connectivity index (χ0) is 16.4. The number of fused-ring (bicyclic) bond motifs is 1. The van der Waals surface area contributed by atoms with Gasteiger partial charge in [-0.1, -0.05) is 24.3 Å². The predicted molar refractivity (Wildman–Crippen MR) is 88.4 cm³/mol. The molecule has 2 N–H and O–H groups in total. The number of benzene rings is 2. The summed E-state index contributed by atoms with van der Waals surface area (Å²) in [5.41, 5.74) is 3.66. The molecule has 0 aliphatic heterocycles. The van der Waals surface area contributed by atoms with Gasteiger partial charge in [-0.2, -0.15) is 5.26 Å². The van der Waals surface area contributed by atoms with Crippen molar-refractivity contribution < 1.29 is 4.79 Å². The lowest BCUT2D eigenvalue weighted by molar-refractivity contribution is 0.102. The molecular weight excluding hydrogens is 288 g/mol. The van der Waals surface area contributed by atoms with Gasteiger partial charge in [0.2, 0.25) is 0 Å². The maximum Gasteiger partial charge on any atom is 0.254 e. The molecule has 0 fully saturated rings. The molecule has 2 aromatic carbocycles. The lowest BCUT2D eigenvalue weighted by atomic mass is 10.1. The molecule has 0 aliphatic carbocycles. The Bertz CT molecular complexity index is 1000. The number of aryl methyl sites for hydroxylation is 1. The number of amides is 1. The van der Waals surface area contributed by atoms with Gasteiger partial charge in [0.05, 0.1) is 23.3 Å². The summed E-state index contributed by atoms with van der Waals surface area (Å²) >= 11 is 0. The third-order valence-electron chi connectivity index (χ3n) is 3.65. The molecule has 1 aromatic heterocycles. The highest BCUT2D eigenvalue weighted by atomic mass is 16.1. The Morgan fingerprint density at radius 1 is 1.35 bits per heavy atom. The van der Waals surface area contributed by atoms with Gasteiger partial charge >= 0.3 is 0 Å². The first-order valence-corrected chi connectivity index (χ1v) is 6.93. The largest absolute Gasteiger partial charge is 0.358 e. The van der Waals surface area contributed by atoms with Crippen molar-refractivity contribution in [3.63, 3.8) is 0 Å². The van der Waals surface area contributed by atoms with E-state index >= 15 is 0 Å². The Balaban J connectivity index is 2.00. The maximum atomic E-state index is 12.4. The Hall–Kier alpha value is -3.57. The highest BCUT2D eigenvalue weighted by Crippen LogP contribution is 2.28. The van der Waals surface area contributed by atoms with E-state index < -0.39 is 0 Å². The van der Waals surface area contributed by atoms with E-state index in [2.05, 4.69) is 21.2 Å². The topological polar surface area (TPSA) is 73.0 Å². The number of H-pyrrole nitrogens is 1. The molecule has 0 radical (unpaired) electrons. The Morgan fingerprint density at radius 3 is 2.91 bits per heavy atom. The molecule has 0 spiro atoms. The fourth-order valence-electron chi connectivity index (χ4n) is 2.52. The number of carbonyl (C=O) groups excluding carboxylic acids is 1. The summed E-state index contributed by atoms with van der Waals surface area (Å²) in [6.07, 6.45) is 1.63. The standard InChI is InChI=1S/C18H12N4O/c1-11-6-7-15(17-16(11)13(9-19)10-21-17)22-18(23)12-4-3-5-14(8-12)20-2/h3-8,10,21H,1H3,(H,22,23). The van der Waals surface area contributed by atoms with Crippen LogP contribution in [0.25, 0.3) is 15.7 Å². The predicted octanol–water partition coefficient (Wildman–Crippen LogP) is 4.15. The number of aromatic amines is 1. The summed E-state index contributed by atoms with van der Waals surface area (Å²) in [5, 5.41) is 12.8. The molecule has 3 rings (SSSR count). The van der Waals surface area contributed by atoms with Crippen LogP contribution in [0.5, 0.6) is 0 Å². The molecule has 3 aromatic rings. The van der Waals surface area contributed by atoms with Crippen molar-refractivity contribution in [2.24, 2.45) is 0 Å². The lowest BCUT2D eigenvalue weighted by Crippen LogP contribution is -2.12. The molecule has 5 nitrogen and oxygen atoms in total. The van der Waals surface area contributed by atoms with Gasteiger partial charge < -0.3 is 10.3 Å². The molecule has 0 bridgehead atoms. The fourth-order valence-corrected chi connectivity index (χ4v) is 2.52. The van der Waals surface area contributed by atoms with Crippen LogP contribution in [0.2, 0.25) is 0 Å². The van der Waals surface area contributed by atoms with Crippen LogP contribution in [0.15, 0.2) is 42.6 Å². The number of nitrogens with one attached hydrogen (secondary N) is 2. The maximum absolute atomic E-state index is 12.4. The van der Waals surface area contributed by atoms with Crippen molar-refractivity contribution in [1.29, 1.82) is 5.26 Å². The summed E-state index contributed by atoms with van der Waals surface area (Å²) < 4.78 is 0. The van der Waals surface area contributed by atoms with Gasteiger partial charge in [0.1, 0.15) is 6.07 Å². The van der Waals surface area contributed by atoms with Crippen molar-refractivity contribution in [3.05, 3.63) is 70.7 Å². The first kappa shape index (κ1) is 14.4. The second-order valence-corrected chi connectivity index (χ2v) is 5.11. The molecule has 23 heavy (non-hydrogen) atoms. The molecule has 0 saturated heterocycles. The average molecular weight is 300 g/mol. The minimum Gasteiger partial charge on any atom is -0.358 e. The average Bonchev–Trinajstić information content (AvgIpc) is 3.02. The van der Waals surface area contributed by atoms with E-state index in [1.807, 2.05) is 13.0 Å². The quantitative estimate of drug-likeness (QED) is 0.698. The lowest BCUT2D eigenvalue weighted by Gasteiger charge is -2.08. The highest BCUT2D eigenvalue weighted by molar-refractivity contribution is 6.09. The summed E-state index contributed by atoms with van der Waals surface area (Å²) in [5.74, 6) is -0.297. The molecule has 0 saturated carbocycles. The molecule has 1 heterocycles. The van der Waals surface area contributed by atoms with Crippen molar-refractivity contribution in [2.45, 2.75) is 6.92 Å². The van der Waals surface area contributed by atoms with Gasteiger partial charge in [-0.25, -0.2) is 4.85 Å².